The molecule has 0 atom stereocenters. The van der Waals surface area contributed by atoms with Crippen LogP contribution in [0.5, 0.6) is 0 Å². The van der Waals surface area contributed by atoms with Crippen LogP contribution in [0, 0.1) is 0 Å². The van der Waals surface area contributed by atoms with Crippen molar-refractivity contribution in [3.05, 3.63) is 59.8 Å². The monoisotopic (exact) mass is 369 g/mol. The Morgan fingerprint density at radius 1 is 1.16 bits per heavy atom. The molecule has 0 radical (unpaired) electrons. The molecule has 0 aliphatic carbocycles. The first-order valence-corrected chi connectivity index (χ1v) is 9.48. The van der Waals surface area contributed by atoms with Crippen molar-refractivity contribution >= 4 is 33.9 Å². The van der Waals surface area contributed by atoms with E-state index in [-0.39, 0.29) is 0 Å². The maximum atomic E-state index is 5.38. The second-order valence-electron chi connectivity index (χ2n) is 5.27. The summed E-state index contributed by atoms with van der Waals surface area (Å²) in [6.45, 7) is 0. The summed E-state index contributed by atoms with van der Waals surface area (Å²) in [5, 5.41) is 15.5. The van der Waals surface area contributed by atoms with E-state index in [2.05, 4.69) is 25.9 Å². The van der Waals surface area contributed by atoms with E-state index in [9.17, 15) is 0 Å². The molecule has 0 aliphatic rings. The summed E-state index contributed by atoms with van der Waals surface area (Å²) < 4.78 is 7.31. The summed E-state index contributed by atoms with van der Waals surface area (Å²) in [5.41, 5.74) is 2.04. The second-order valence-corrected chi connectivity index (χ2v) is 7.07. The topological polar surface area (TPSA) is 68.8 Å². The lowest BCUT2D eigenvalue weighted by molar-refractivity contribution is 0.572. The van der Waals surface area contributed by atoms with Crippen LogP contribution in [0.4, 0.5) is 10.8 Å². The first-order chi connectivity index (χ1) is 12.3. The number of hydrogen-bond donors (Lipinski definition) is 1. The number of benzene rings is 1. The smallest absolute Gasteiger partial charge is 0.200 e. The predicted octanol–water partition coefficient (Wildman–Crippen LogP) is 4.57. The molecule has 3 heterocycles. The fourth-order valence-electron chi connectivity index (χ4n) is 2.28. The van der Waals surface area contributed by atoms with Crippen LogP contribution < -0.4 is 5.32 Å². The van der Waals surface area contributed by atoms with Gasteiger partial charge in [-0.15, -0.1) is 21.5 Å². The largest absolute Gasteiger partial charge is 0.461 e. The van der Waals surface area contributed by atoms with Gasteiger partial charge in [-0.05, 0) is 24.3 Å². The molecule has 3 aromatic heterocycles. The van der Waals surface area contributed by atoms with Crippen LogP contribution in [0.15, 0.2) is 63.7 Å². The summed E-state index contributed by atoms with van der Waals surface area (Å²) in [7, 11) is 1.93. The van der Waals surface area contributed by atoms with E-state index >= 15 is 0 Å². The fraction of sp³-hybridized carbons (Fsp3) is 0.118. The minimum Gasteiger partial charge on any atom is -0.461 e. The quantitative estimate of drug-likeness (QED) is 0.502. The number of furan rings is 1. The van der Waals surface area contributed by atoms with E-state index in [0.717, 1.165) is 33.2 Å². The Kier molecular flexibility index (Phi) is 4.53. The first-order valence-electron chi connectivity index (χ1n) is 7.62. The average Bonchev–Trinajstić information content (AvgIpc) is 3.36. The van der Waals surface area contributed by atoms with Gasteiger partial charge in [0.2, 0.25) is 0 Å². The van der Waals surface area contributed by atoms with Gasteiger partial charge in [0.15, 0.2) is 21.9 Å². The molecule has 1 aromatic carbocycles. The zero-order chi connectivity index (χ0) is 17.1. The lowest BCUT2D eigenvalue weighted by Gasteiger charge is -2.01. The Labute approximate surface area is 152 Å². The van der Waals surface area contributed by atoms with E-state index in [1.54, 1.807) is 29.4 Å². The normalized spacial score (nSPS) is 10.9. The van der Waals surface area contributed by atoms with Crippen molar-refractivity contribution in [2.75, 3.05) is 5.32 Å². The molecule has 0 unspecified atom stereocenters. The lowest BCUT2D eigenvalue weighted by atomic mass is 10.3. The molecule has 0 saturated heterocycles. The van der Waals surface area contributed by atoms with Crippen molar-refractivity contribution in [2.24, 2.45) is 7.05 Å². The van der Waals surface area contributed by atoms with Crippen LogP contribution >= 0.6 is 23.1 Å². The summed E-state index contributed by atoms with van der Waals surface area (Å²) >= 11 is 3.20. The van der Waals surface area contributed by atoms with Gasteiger partial charge in [-0.1, -0.05) is 30.0 Å². The molecule has 0 spiro atoms. The molecule has 4 rings (SSSR count). The Hall–Kier alpha value is -2.58. The number of para-hydroxylation sites is 1. The van der Waals surface area contributed by atoms with Crippen LogP contribution in [0.25, 0.3) is 11.6 Å². The molecular weight excluding hydrogens is 354 g/mol. The van der Waals surface area contributed by atoms with Crippen LogP contribution in [0.1, 0.15) is 5.69 Å². The number of hydrogen-bond acceptors (Lipinski definition) is 7. The van der Waals surface area contributed by atoms with E-state index in [0.29, 0.717) is 5.76 Å². The number of thiazole rings is 1. The van der Waals surface area contributed by atoms with Gasteiger partial charge in [-0.2, -0.15) is 0 Å². The second kappa shape index (κ2) is 7.12. The predicted molar refractivity (Wildman–Crippen MR) is 100 cm³/mol. The molecule has 8 heteroatoms. The zero-order valence-corrected chi connectivity index (χ0v) is 15.0. The van der Waals surface area contributed by atoms with Gasteiger partial charge in [0.25, 0.3) is 0 Å². The number of nitrogens with one attached hydrogen (secondary N) is 1. The molecule has 126 valence electrons. The molecule has 0 saturated carbocycles. The van der Waals surface area contributed by atoms with Crippen molar-refractivity contribution in [1.29, 1.82) is 0 Å². The maximum Gasteiger partial charge on any atom is 0.200 e. The van der Waals surface area contributed by atoms with Gasteiger partial charge in [-0.25, -0.2) is 4.98 Å². The Morgan fingerprint density at radius 2 is 2.04 bits per heavy atom. The van der Waals surface area contributed by atoms with E-state index in [1.807, 2.05) is 54.1 Å². The SMILES string of the molecule is Cn1c(SCc2csc(Nc3ccccc3)n2)nnc1-c1ccco1. The van der Waals surface area contributed by atoms with Crippen LogP contribution in [0.2, 0.25) is 0 Å². The highest BCUT2D eigenvalue weighted by Gasteiger charge is 2.14. The van der Waals surface area contributed by atoms with Crippen molar-refractivity contribution in [2.45, 2.75) is 10.9 Å². The van der Waals surface area contributed by atoms with Gasteiger partial charge < -0.3 is 14.3 Å². The highest BCUT2D eigenvalue weighted by Crippen LogP contribution is 2.27. The van der Waals surface area contributed by atoms with Gasteiger partial charge >= 0.3 is 0 Å². The average molecular weight is 369 g/mol. The highest BCUT2D eigenvalue weighted by molar-refractivity contribution is 7.98. The van der Waals surface area contributed by atoms with Gasteiger partial charge in [0, 0.05) is 23.9 Å². The van der Waals surface area contributed by atoms with Gasteiger partial charge in [0.05, 0.1) is 12.0 Å². The summed E-state index contributed by atoms with van der Waals surface area (Å²) in [6, 6.07) is 13.7. The molecule has 1 N–H and O–H groups in total. The lowest BCUT2D eigenvalue weighted by Crippen LogP contribution is -1.94. The third-order valence-corrected chi connectivity index (χ3v) is 5.36. The number of nitrogens with zero attached hydrogens (tertiary/aromatic N) is 4. The Morgan fingerprint density at radius 3 is 2.84 bits per heavy atom. The molecule has 0 fully saturated rings. The van der Waals surface area contributed by atoms with E-state index < -0.39 is 0 Å². The Balaban J connectivity index is 1.41. The van der Waals surface area contributed by atoms with E-state index in [4.69, 9.17) is 4.42 Å². The van der Waals surface area contributed by atoms with E-state index in [1.165, 1.54) is 0 Å². The molecular formula is C17H15N5OS2. The van der Waals surface area contributed by atoms with Gasteiger partial charge in [0.1, 0.15) is 0 Å². The summed E-state index contributed by atoms with van der Waals surface area (Å²) in [5.74, 6) is 2.17. The summed E-state index contributed by atoms with van der Waals surface area (Å²) in [6.07, 6.45) is 1.63. The summed E-state index contributed by atoms with van der Waals surface area (Å²) in [4.78, 5) is 4.62. The minimum atomic E-state index is 0.713. The zero-order valence-electron chi connectivity index (χ0n) is 13.4. The number of rotatable bonds is 6. The van der Waals surface area contributed by atoms with Crippen molar-refractivity contribution < 1.29 is 4.42 Å². The first kappa shape index (κ1) is 15.9. The van der Waals surface area contributed by atoms with Crippen LogP contribution in [0.3, 0.4) is 0 Å². The van der Waals surface area contributed by atoms with Crippen molar-refractivity contribution in [3.63, 3.8) is 0 Å². The third kappa shape index (κ3) is 3.59. The number of aromatic nitrogens is 4. The standard InChI is InChI=1S/C17H15N5OS2/c1-22-15(14-8-5-9-23-14)20-21-17(22)25-11-13-10-24-16(19-13)18-12-6-3-2-4-7-12/h2-10H,11H2,1H3,(H,18,19). The number of anilines is 2. The molecule has 0 amide bonds. The third-order valence-electron chi connectivity index (χ3n) is 3.50. The van der Waals surface area contributed by atoms with Crippen LogP contribution in [-0.4, -0.2) is 19.7 Å². The highest BCUT2D eigenvalue weighted by atomic mass is 32.2. The van der Waals surface area contributed by atoms with Crippen LogP contribution in [-0.2, 0) is 12.8 Å². The molecule has 0 bridgehead atoms. The van der Waals surface area contributed by atoms with Crippen molar-refractivity contribution in [1.82, 2.24) is 19.7 Å². The molecule has 4 aromatic rings. The number of thioether (sulfide) groups is 1. The van der Waals surface area contributed by atoms with Gasteiger partial charge in [-0.3, -0.25) is 0 Å². The molecule has 0 aliphatic heterocycles. The molecule has 6 nitrogen and oxygen atoms in total. The molecule has 25 heavy (non-hydrogen) atoms. The minimum absolute atomic E-state index is 0.713. The van der Waals surface area contributed by atoms with Crippen molar-refractivity contribution in [3.8, 4) is 11.6 Å². The Bertz CT molecular complexity index is 947. The maximum absolute atomic E-state index is 5.38. The fourth-order valence-corrected chi connectivity index (χ4v) is 3.91.